The standard InChI is InChI=1S/C10H9BrCl2N4/c1-17-9(10(11)15-16-17)8(14)6-4-5(12)2-3-7(6)13/h2-4,8H,14H2,1H3. The molecule has 2 aromatic rings. The second kappa shape index (κ2) is 4.94. The molecule has 0 aliphatic heterocycles. The average molecular weight is 336 g/mol. The van der Waals surface area contributed by atoms with Gasteiger partial charge < -0.3 is 5.73 Å². The summed E-state index contributed by atoms with van der Waals surface area (Å²) in [5.41, 5.74) is 7.64. The molecule has 0 saturated heterocycles. The smallest absolute Gasteiger partial charge is 0.153 e. The summed E-state index contributed by atoms with van der Waals surface area (Å²) in [7, 11) is 1.77. The Hall–Kier alpha value is -0.620. The highest BCUT2D eigenvalue weighted by atomic mass is 79.9. The van der Waals surface area contributed by atoms with E-state index >= 15 is 0 Å². The number of hydrogen-bond donors (Lipinski definition) is 1. The second-order valence-corrected chi connectivity index (χ2v) is 5.13. The zero-order valence-corrected chi connectivity index (χ0v) is 12.0. The van der Waals surface area contributed by atoms with Crippen LogP contribution in [-0.2, 0) is 7.05 Å². The molecule has 1 atom stereocenters. The molecule has 1 aromatic heterocycles. The monoisotopic (exact) mass is 334 g/mol. The first kappa shape index (κ1) is 12.8. The van der Waals surface area contributed by atoms with Crippen molar-refractivity contribution < 1.29 is 0 Å². The van der Waals surface area contributed by atoms with Crippen molar-refractivity contribution in [3.05, 3.63) is 44.1 Å². The van der Waals surface area contributed by atoms with Crippen molar-refractivity contribution in [2.75, 3.05) is 0 Å². The molecule has 0 radical (unpaired) electrons. The van der Waals surface area contributed by atoms with Crippen LogP contribution in [0.5, 0.6) is 0 Å². The van der Waals surface area contributed by atoms with Crippen LogP contribution in [0.3, 0.4) is 0 Å². The van der Waals surface area contributed by atoms with E-state index in [1.165, 1.54) is 0 Å². The number of benzene rings is 1. The van der Waals surface area contributed by atoms with E-state index in [2.05, 4.69) is 26.2 Å². The molecule has 0 spiro atoms. The largest absolute Gasteiger partial charge is 0.319 e. The fourth-order valence-electron chi connectivity index (χ4n) is 1.57. The molecule has 0 aliphatic rings. The number of aromatic nitrogens is 3. The highest BCUT2D eigenvalue weighted by Crippen LogP contribution is 2.31. The minimum atomic E-state index is -0.435. The molecule has 2 rings (SSSR count). The summed E-state index contributed by atoms with van der Waals surface area (Å²) in [6, 6.07) is 4.75. The van der Waals surface area contributed by atoms with Gasteiger partial charge in [0.05, 0.1) is 11.7 Å². The van der Waals surface area contributed by atoms with E-state index in [1.54, 1.807) is 29.9 Å². The van der Waals surface area contributed by atoms with Crippen LogP contribution >= 0.6 is 39.1 Å². The zero-order chi connectivity index (χ0) is 12.6. The summed E-state index contributed by atoms with van der Waals surface area (Å²) in [5, 5.41) is 8.92. The van der Waals surface area contributed by atoms with Crippen LogP contribution in [0.1, 0.15) is 17.3 Å². The van der Waals surface area contributed by atoms with Gasteiger partial charge in [-0.25, -0.2) is 4.68 Å². The Morgan fingerprint density at radius 1 is 1.41 bits per heavy atom. The molecule has 90 valence electrons. The van der Waals surface area contributed by atoms with Gasteiger partial charge >= 0.3 is 0 Å². The van der Waals surface area contributed by atoms with Gasteiger partial charge in [0.1, 0.15) is 0 Å². The van der Waals surface area contributed by atoms with Gasteiger partial charge in [-0.05, 0) is 39.7 Å². The third kappa shape index (κ3) is 2.47. The summed E-state index contributed by atoms with van der Waals surface area (Å²) in [6.07, 6.45) is 0. The Bertz CT molecular complexity index is 536. The van der Waals surface area contributed by atoms with Crippen LogP contribution in [0.2, 0.25) is 10.0 Å². The quantitative estimate of drug-likeness (QED) is 0.918. The fourth-order valence-corrected chi connectivity index (χ4v) is 2.56. The fraction of sp³-hybridized carbons (Fsp3) is 0.200. The lowest BCUT2D eigenvalue weighted by molar-refractivity contribution is 0.651. The molecular formula is C10H9BrCl2N4. The summed E-state index contributed by atoms with van der Waals surface area (Å²) in [4.78, 5) is 0. The number of hydrogen-bond acceptors (Lipinski definition) is 3. The number of nitrogens with zero attached hydrogens (tertiary/aromatic N) is 3. The average Bonchev–Trinajstić information content (AvgIpc) is 2.61. The molecule has 4 nitrogen and oxygen atoms in total. The predicted octanol–water partition coefficient (Wildman–Crippen LogP) is 2.93. The maximum absolute atomic E-state index is 6.16. The minimum Gasteiger partial charge on any atom is -0.319 e. The molecule has 0 saturated carbocycles. The second-order valence-electron chi connectivity index (χ2n) is 3.53. The van der Waals surface area contributed by atoms with E-state index in [4.69, 9.17) is 28.9 Å². The van der Waals surface area contributed by atoms with Crippen molar-refractivity contribution in [3.63, 3.8) is 0 Å². The topological polar surface area (TPSA) is 56.7 Å². The normalized spacial score (nSPS) is 12.8. The van der Waals surface area contributed by atoms with Gasteiger partial charge in [0.25, 0.3) is 0 Å². The van der Waals surface area contributed by atoms with E-state index in [9.17, 15) is 0 Å². The lowest BCUT2D eigenvalue weighted by Gasteiger charge is -2.14. The third-order valence-electron chi connectivity index (χ3n) is 2.41. The van der Waals surface area contributed by atoms with Gasteiger partial charge in [0.15, 0.2) is 4.60 Å². The van der Waals surface area contributed by atoms with Crippen LogP contribution in [-0.4, -0.2) is 15.0 Å². The molecule has 2 N–H and O–H groups in total. The Morgan fingerprint density at radius 3 is 2.71 bits per heavy atom. The van der Waals surface area contributed by atoms with Crippen LogP contribution in [0.4, 0.5) is 0 Å². The molecule has 1 heterocycles. The number of aryl methyl sites for hydroxylation is 1. The van der Waals surface area contributed by atoms with Gasteiger partial charge in [-0.15, -0.1) is 5.10 Å². The Morgan fingerprint density at radius 2 is 2.12 bits per heavy atom. The molecule has 1 aromatic carbocycles. The minimum absolute atomic E-state index is 0.435. The highest BCUT2D eigenvalue weighted by molar-refractivity contribution is 9.10. The molecule has 7 heteroatoms. The van der Waals surface area contributed by atoms with Crippen LogP contribution < -0.4 is 5.73 Å². The lowest BCUT2D eigenvalue weighted by atomic mass is 10.1. The van der Waals surface area contributed by atoms with Gasteiger partial charge in [-0.1, -0.05) is 28.4 Å². The van der Waals surface area contributed by atoms with Crippen molar-refractivity contribution >= 4 is 39.1 Å². The lowest BCUT2D eigenvalue weighted by Crippen LogP contribution is -2.17. The summed E-state index contributed by atoms with van der Waals surface area (Å²) in [6.45, 7) is 0. The van der Waals surface area contributed by atoms with Gasteiger partial charge in [-0.3, -0.25) is 0 Å². The Kier molecular flexibility index (Phi) is 3.73. The van der Waals surface area contributed by atoms with Crippen LogP contribution in [0.25, 0.3) is 0 Å². The van der Waals surface area contributed by atoms with Crippen molar-refractivity contribution in [1.29, 1.82) is 0 Å². The Labute approximate surface area is 117 Å². The van der Waals surface area contributed by atoms with E-state index in [-0.39, 0.29) is 0 Å². The first-order valence-corrected chi connectivity index (χ1v) is 6.31. The van der Waals surface area contributed by atoms with Crippen LogP contribution in [0, 0.1) is 0 Å². The summed E-state index contributed by atoms with van der Waals surface area (Å²) >= 11 is 15.4. The summed E-state index contributed by atoms with van der Waals surface area (Å²) < 4.78 is 2.20. The van der Waals surface area contributed by atoms with E-state index in [1.807, 2.05) is 0 Å². The van der Waals surface area contributed by atoms with Gasteiger partial charge in [0.2, 0.25) is 0 Å². The first-order valence-electron chi connectivity index (χ1n) is 4.76. The maximum atomic E-state index is 6.16. The molecule has 0 aliphatic carbocycles. The van der Waals surface area contributed by atoms with Crippen molar-refractivity contribution in [2.24, 2.45) is 12.8 Å². The zero-order valence-electron chi connectivity index (χ0n) is 8.86. The van der Waals surface area contributed by atoms with Crippen molar-refractivity contribution in [2.45, 2.75) is 6.04 Å². The van der Waals surface area contributed by atoms with E-state index in [0.717, 1.165) is 11.3 Å². The molecule has 1 unspecified atom stereocenters. The molecular weight excluding hydrogens is 327 g/mol. The van der Waals surface area contributed by atoms with Gasteiger partial charge in [0, 0.05) is 17.1 Å². The van der Waals surface area contributed by atoms with E-state index < -0.39 is 6.04 Å². The molecule has 0 amide bonds. The predicted molar refractivity (Wildman–Crippen MR) is 71.2 cm³/mol. The number of rotatable bonds is 2. The van der Waals surface area contributed by atoms with Crippen molar-refractivity contribution in [1.82, 2.24) is 15.0 Å². The number of halogens is 3. The first-order chi connectivity index (χ1) is 8.00. The van der Waals surface area contributed by atoms with Crippen LogP contribution in [0.15, 0.2) is 22.8 Å². The molecule has 17 heavy (non-hydrogen) atoms. The van der Waals surface area contributed by atoms with Crippen molar-refractivity contribution in [3.8, 4) is 0 Å². The number of nitrogens with two attached hydrogens (primary N) is 1. The summed E-state index contributed by atoms with van der Waals surface area (Å²) in [5.74, 6) is 0. The Balaban J connectivity index is 2.50. The SMILES string of the molecule is Cn1nnc(Br)c1C(N)c1cc(Cl)ccc1Cl. The van der Waals surface area contributed by atoms with Gasteiger partial charge in [-0.2, -0.15) is 0 Å². The molecule has 0 bridgehead atoms. The maximum Gasteiger partial charge on any atom is 0.153 e. The highest BCUT2D eigenvalue weighted by Gasteiger charge is 2.20. The third-order valence-corrected chi connectivity index (χ3v) is 3.56. The molecule has 0 fully saturated rings. The van der Waals surface area contributed by atoms with E-state index in [0.29, 0.717) is 14.6 Å².